The van der Waals surface area contributed by atoms with Gasteiger partial charge in [0.25, 0.3) is 5.91 Å². The molecule has 5 heteroatoms. The summed E-state index contributed by atoms with van der Waals surface area (Å²) in [6, 6.07) is 5.38. The first-order chi connectivity index (χ1) is 7.91. The molecule has 0 atom stereocenters. The molecule has 0 aliphatic rings. The molecule has 0 heterocycles. The first kappa shape index (κ1) is 12.9. The Morgan fingerprint density at radius 3 is 2.41 bits per heavy atom. The monoisotopic (exact) mass is 237 g/mol. The lowest BCUT2D eigenvalue weighted by atomic mass is 10.1. The van der Waals surface area contributed by atoms with Gasteiger partial charge in [-0.25, -0.2) is 9.18 Å². The van der Waals surface area contributed by atoms with Crippen molar-refractivity contribution < 1.29 is 19.1 Å². The number of nitrogens with one attached hydrogen (secondary N) is 1. The van der Waals surface area contributed by atoms with Crippen molar-refractivity contribution in [3.8, 4) is 0 Å². The van der Waals surface area contributed by atoms with E-state index in [1.165, 1.54) is 32.0 Å². The minimum Gasteiger partial charge on any atom is -0.478 e. The summed E-state index contributed by atoms with van der Waals surface area (Å²) in [5, 5.41) is 11.1. The maximum atomic E-state index is 12.8. The van der Waals surface area contributed by atoms with Crippen LogP contribution in [0.15, 0.2) is 35.4 Å². The Labute approximate surface area is 97.8 Å². The minimum atomic E-state index is -1.16. The molecule has 0 aliphatic heterocycles. The lowest BCUT2D eigenvalue weighted by molar-refractivity contribution is -0.133. The molecule has 0 radical (unpaired) electrons. The largest absolute Gasteiger partial charge is 0.478 e. The number of halogens is 1. The zero-order valence-electron chi connectivity index (χ0n) is 9.45. The fourth-order valence-corrected chi connectivity index (χ4v) is 1.12. The number of anilines is 1. The van der Waals surface area contributed by atoms with Crippen molar-refractivity contribution in [1.82, 2.24) is 0 Å². The molecule has 0 spiro atoms. The van der Waals surface area contributed by atoms with E-state index in [4.69, 9.17) is 5.11 Å². The number of carbonyl (C=O) groups excluding carboxylic acids is 1. The van der Waals surface area contributed by atoms with Crippen LogP contribution < -0.4 is 5.32 Å². The van der Waals surface area contributed by atoms with E-state index in [2.05, 4.69) is 5.32 Å². The summed E-state index contributed by atoms with van der Waals surface area (Å²) in [7, 11) is 0. The van der Waals surface area contributed by atoms with Crippen LogP contribution in [0.25, 0.3) is 0 Å². The van der Waals surface area contributed by atoms with Crippen LogP contribution in [0.2, 0.25) is 0 Å². The quantitative estimate of drug-likeness (QED) is 0.792. The Bertz CT molecular complexity index is 494. The zero-order valence-corrected chi connectivity index (χ0v) is 9.45. The fourth-order valence-electron chi connectivity index (χ4n) is 1.12. The second-order valence-corrected chi connectivity index (χ2v) is 3.52. The van der Waals surface area contributed by atoms with Gasteiger partial charge in [0, 0.05) is 16.8 Å². The molecule has 2 N–H and O–H groups in total. The van der Waals surface area contributed by atoms with E-state index in [1.807, 2.05) is 0 Å². The van der Waals surface area contributed by atoms with E-state index < -0.39 is 17.7 Å². The van der Waals surface area contributed by atoms with Gasteiger partial charge in [0.1, 0.15) is 5.82 Å². The molecule has 0 saturated heterocycles. The average Bonchev–Trinajstić information content (AvgIpc) is 2.26. The molecule has 90 valence electrons. The van der Waals surface area contributed by atoms with Crippen molar-refractivity contribution in [3.05, 3.63) is 41.2 Å². The summed E-state index contributed by atoms with van der Waals surface area (Å²) in [5.41, 5.74) is 0.327. The Morgan fingerprint density at radius 2 is 1.88 bits per heavy atom. The fraction of sp³-hybridized carbons (Fsp3) is 0.167. The van der Waals surface area contributed by atoms with E-state index in [-0.39, 0.29) is 16.8 Å². The van der Waals surface area contributed by atoms with Crippen molar-refractivity contribution in [3.63, 3.8) is 0 Å². The molecule has 1 rings (SSSR count). The number of hydrogen-bond acceptors (Lipinski definition) is 2. The van der Waals surface area contributed by atoms with Crippen LogP contribution in [-0.4, -0.2) is 17.0 Å². The highest BCUT2D eigenvalue weighted by Gasteiger charge is 2.12. The van der Waals surface area contributed by atoms with Crippen LogP contribution in [0.5, 0.6) is 0 Å². The van der Waals surface area contributed by atoms with Gasteiger partial charge in [-0.2, -0.15) is 0 Å². The standard InChI is InChI=1S/C12H12FNO3/c1-7(8(2)12(16)17)11(15)14-10-5-3-4-9(13)6-10/h3-6H,1-2H3,(H,14,15)(H,16,17)/b8-7-. The van der Waals surface area contributed by atoms with E-state index >= 15 is 0 Å². The van der Waals surface area contributed by atoms with Crippen LogP contribution >= 0.6 is 0 Å². The molecule has 0 fully saturated rings. The molecule has 0 bridgehead atoms. The second-order valence-electron chi connectivity index (χ2n) is 3.52. The molecular formula is C12H12FNO3. The summed E-state index contributed by atoms with van der Waals surface area (Å²) in [6.07, 6.45) is 0. The lowest BCUT2D eigenvalue weighted by Gasteiger charge is -2.06. The second kappa shape index (κ2) is 5.25. The van der Waals surface area contributed by atoms with Gasteiger partial charge in [0.15, 0.2) is 0 Å². The Kier molecular flexibility index (Phi) is 3.98. The van der Waals surface area contributed by atoms with Gasteiger partial charge in [-0.05, 0) is 32.0 Å². The molecular weight excluding hydrogens is 225 g/mol. The maximum Gasteiger partial charge on any atom is 0.331 e. The SMILES string of the molecule is C/C(C(=O)O)=C(\C)C(=O)Nc1cccc(F)c1. The van der Waals surface area contributed by atoms with Gasteiger partial charge in [-0.3, -0.25) is 4.79 Å². The third kappa shape index (κ3) is 3.41. The van der Waals surface area contributed by atoms with Crippen molar-refractivity contribution in [2.75, 3.05) is 5.32 Å². The van der Waals surface area contributed by atoms with Gasteiger partial charge < -0.3 is 10.4 Å². The Balaban J connectivity index is 2.87. The Hall–Kier alpha value is -2.17. The van der Waals surface area contributed by atoms with Crippen LogP contribution in [0.4, 0.5) is 10.1 Å². The number of aliphatic carboxylic acids is 1. The predicted octanol–water partition coefficient (Wildman–Crippen LogP) is 2.19. The number of amides is 1. The van der Waals surface area contributed by atoms with Crippen molar-refractivity contribution in [2.24, 2.45) is 0 Å². The number of benzene rings is 1. The van der Waals surface area contributed by atoms with E-state index in [9.17, 15) is 14.0 Å². The smallest absolute Gasteiger partial charge is 0.331 e. The van der Waals surface area contributed by atoms with Gasteiger partial charge in [-0.15, -0.1) is 0 Å². The van der Waals surface area contributed by atoms with Crippen LogP contribution in [-0.2, 0) is 9.59 Å². The number of carbonyl (C=O) groups is 2. The lowest BCUT2D eigenvalue weighted by Crippen LogP contribution is -2.16. The average molecular weight is 237 g/mol. The Morgan fingerprint density at radius 1 is 1.24 bits per heavy atom. The number of rotatable bonds is 3. The molecule has 1 aromatic carbocycles. The summed E-state index contributed by atoms with van der Waals surface area (Å²) in [5.74, 6) is -2.19. The van der Waals surface area contributed by atoms with Crippen LogP contribution in [0.3, 0.4) is 0 Å². The number of carboxylic acid groups (broad SMARTS) is 1. The van der Waals surface area contributed by atoms with Gasteiger partial charge >= 0.3 is 5.97 Å². The topological polar surface area (TPSA) is 66.4 Å². The molecule has 0 unspecified atom stereocenters. The molecule has 1 aromatic rings. The minimum absolute atomic E-state index is 0.0427. The summed E-state index contributed by atoms with van der Waals surface area (Å²) in [4.78, 5) is 22.3. The maximum absolute atomic E-state index is 12.8. The van der Waals surface area contributed by atoms with Gasteiger partial charge in [0.2, 0.25) is 0 Å². The highest BCUT2D eigenvalue weighted by atomic mass is 19.1. The normalized spacial score (nSPS) is 11.7. The molecule has 0 saturated carbocycles. The molecule has 1 amide bonds. The highest BCUT2D eigenvalue weighted by molar-refractivity contribution is 6.08. The molecule has 0 aromatic heterocycles. The third-order valence-corrected chi connectivity index (χ3v) is 2.31. The van der Waals surface area contributed by atoms with Crippen molar-refractivity contribution in [1.29, 1.82) is 0 Å². The van der Waals surface area contributed by atoms with Crippen LogP contribution in [0, 0.1) is 5.82 Å². The predicted molar refractivity (Wildman–Crippen MR) is 61.0 cm³/mol. The van der Waals surface area contributed by atoms with Crippen molar-refractivity contribution in [2.45, 2.75) is 13.8 Å². The first-order valence-corrected chi connectivity index (χ1v) is 4.89. The summed E-state index contributed by atoms with van der Waals surface area (Å²) in [6.45, 7) is 2.74. The van der Waals surface area contributed by atoms with Gasteiger partial charge in [-0.1, -0.05) is 6.07 Å². The molecule has 4 nitrogen and oxygen atoms in total. The molecule has 0 aliphatic carbocycles. The summed E-state index contributed by atoms with van der Waals surface area (Å²) >= 11 is 0. The first-order valence-electron chi connectivity index (χ1n) is 4.89. The van der Waals surface area contributed by atoms with E-state index in [0.717, 1.165) is 6.07 Å². The van der Waals surface area contributed by atoms with Gasteiger partial charge in [0.05, 0.1) is 0 Å². The van der Waals surface area contributed by atoms with Crippen LogP contribution in [0.1, 0.15) is 13.8 Å². The third-order valence-electron chi connectivity index (χ3n) is 2.31. The van der Waals surface area contributed by atoms with E-state index in [0.29, 0.717) is 0 Å². The highest BCUT2D eigenvalue weighted by Crippen LogP contribution is 2.12. The summed E-state index contributed by atoms with van der Waals surface area (Å²) < 4.78 is 12.8. The zero-order chi connectivity index (χ0) is 13.0. The number of hydrogen-bond donors (Lipinski definition) is 2. The molecule has 17 heavy (non-hydrogen) atoms. The van der Waals surface area contributed by atoms with E-state index in [1.54, 1.807) is 0 Å². The van der Waals surface area contributed by atoms with Crippen molar-refractivity contribution >= 4 is 17.6 Å². The number of carboxylic acids is 1.